The topological polar surface area (TPSA) is 75.8 Å². The maximum absolute atomic E-state index is 12.0. The largest absolute Gasteiger partial charge is 0.389 e. The van der Waals surface area contributed by atoms with E-state index < -0.39 is 11.6 Å². The van der Waals surface area contributed by atoms with E-state index in [0.717, 1.165) is 6.42 Å². The van der Waals surface area contributed by atoms with Crippen molar-refractivity contribution in [2.24, 2.45) is 17.6 Å². The van der Waals surface area contributed by atoms with E-state index in [2.05, 4.69) is 6.92 Å². The summed E-state index contributed by atoms with van der Waals surface area (Å²) >= 11 is 0. The fourth-order valence-corrected chi connectivity index (χ4v) is 3.41. The fraction of sp³-hybridized carbons (Fsp3) is 0.917. The quantitative estimate of drug-likeness (QED) is 0.689. The predicted octanol–water partition coefficient (Wildman–Crippen LogP) is -0.422. The van der Waals surface area contributed by atoms with Gasteiger partial charge in [-0.3, -0.25) is 4.79 Å². The van der Waals surface area contributed by atoms with Gasteiger partial charge in [0.1, 0.15) is 6.61 Å². The third-order valence-electron chi connectivity index (χ3n) is 4.39. The molecule has 0 spiro atoms. The highest BCUT2D eigenvalue weighted by Gasteiger charge is 2.62. The molecule has 3 rings (SSSR count). The number of fused-ring (bicyclic) bond motifs is 3. The Morgan fingerprint density at radius 3 is 2.76 bits per heavy atom. The molecule has 5 nitrogen and oxygen atoms in total. The van der Waals surface area contributed by atoms with Crippen LogP contribution in [0, 0.1) is 11.8 Å². The molecule has 2 saturated heterocycles. The second-order valence-electron chi connectivity index (χ2n) is 5.62. The summed E-state index contributed by atoms with van der Waals surface area (Å²) in [7, 11) is 1.51. The van der Waals surface area contributed by atoms with Crippen molar-refractivity contribution in [3.8, 4) is 0 Å². The van der Waals surface area contributed by atoms with Crippen LogP contribution in [0.4, 0.5) is 0 Å². The number of hydrogen-bond acceptors (Lipinski definition) is 4. The number of carbonyl (C=O) groups is 1. The summed E-state index contributed by atoms with van der Waals surface area (Å²) in [6.45, 7) is 4.82. The number of nitrogens with zero attached hydrogens (tertiary/aromatic N) is 1. The molecule has 2 aliphatic heterocycles. The highest BCUT2D eigenvalue weighted by Crippen LogP contribution is 2.47. The minimum Gasteiger partial charge on any atom is -0.389 e. The van der Waals surface area contributed by atoms with Crippen LogP contribution in [-0.4, -0.2) is 53.9 Å². The summed E-state index contributed by atoms with van der Waals surface area (Å²) < 4.78 is 4.89. The lowest BCUT2D eigenvalue weighted by atomic mass is 9.59. The SMILES string of the molecule is COCC(=O)N1C[C@H](C)CC2(N)[C@H](C)C1[C@H]2O. The van der Waals surface area contributed by atoms with Crippen LogP contribution in [0.25, 0.3) is 0 Å². The van der Waals surface area contributed by atoms with Crippen LogP contribution in [0.5, 0.6) is 0 Å². The lowest BCUT2D eigenvalue weighted by molar-refractivity contribution is -0.158. The van der Waals surface area contributed by atoms with E-state index in [1.165, 1.54) is 7.11 Å². The van der Waals surface area contributed by atoms with Crippen LogP contribution in [0.3, 0.4) is 0 Å². The number of aliphatic hydroxyl groups excluding tert-OH is 1. The molecule has 0 radical (unpaired) electrons. The van der Waals surface area contributed by atoms with Gasteiger partial charge >= 0.3 is 0 Å². The van der Waals surface area contributed by atoms with E-state index in [1.54, 1.807) is 4.90 Å². The highest BCUT2D eigenvalue weighted by atomic mass is 16.5. The van der Waals surface area contributed by atoms with Gasteiger partial charge in [0.15, 0.2) is 0 Å². The maximum atomic E-state index is 12.0. The molecule has 98 valence electrons. The van der Waals surface area contributed by atoms with Gasteiger partial charge in [-0.2, -0.15) is 0 Å². The van der Waals surface area contributed by atoms with Crippen LogP contribution in [0.1, 0.15) is 20.3 Å². The standard InChI is InChI=1S/C12H22N2O3/c1-7-4-12(13)8(2)10(11(12)16)14(5-7)9(15)6-17-3/h7-8,10-11,16H,4-6,13H2,1-3H3/t7-,8-,10?,11-,12?/m1/s1. The lowest BCUT2D eigenvalue weighted by Crippen LogP contribution is -2.76. The number of rotatable bonds is 2. The molecule has 3 N–H and O–H groups in total. The third kappa shape index (κ3) is 1.77. The molecule has 1 saturated carbocycles. The molecule has 2 heterocycles. The van der Waals surface area contributed by atoms with Crippen molar-refractivity contribution in [1.29, 1.82) is 0 Å². The zero-order valence-electron chi connectivity index (χ0n) is 10.7. The molecule has 1 amide bonds. The molecule has 3 aliphatic rings. The molecule has 17 heavy (non-hydrogen) atoms. The maximum Gasteiger partial charge on any atom is 0.248 e. The first kappa shape index (κ1) is 12.8. The van der Waals surface area contributed by atoms with Crippen molar-refractivity contribution >= 4 is 5.91 Å². The Kier molecular flexibility index (Phi) is 3.18. The molecule has 2 unspecified atom stereocenters. The second-order valence-corrected chi connectivity index (χ2v) is 5.62. The second kappa shape index (κ2) is 4.23. The average molecular weight is 242 g/mol. The Hall–Kier alpha value is -0.650. The first-order valence-corrected chi connectivity index (χ1v) is 6.17. The number of methoxy groups -OCH3 is 1. The van der Waals surface area contributed by atoms with E-state index in [0.29, 0.717) is 12.5 Å². The summed E-state index contributed by atoms with van der Waals surface area (Å²) in [5.41, 5.74) is 5.72. The van der Waals surface area contributed by atoms with Crippen LogP contribution in [0.2, 0.25) is 0 Å². The summed E-state index contributed by atoms with van der Waals surface area (Å²) in [6.07, 6.45) is 0.158. The summed E-state index contributed by atoms with van der Waals surface area (Å²) in [5.74, 6) is 0.396. The monoisotopic (exact) mass is 242 g/mol. The summed E-state index contributed by atoms with van der Waals surface area (Å²) in [4.78, 5) is 13.7. The molecule has 1 aliphatic carbocycles. The van der Waals surface area contributed by atoms with Crippen molar-refractivity contribution in [2.45, 2.75) is 38.0 Å². The normalized spacial score (nSPS) is 45.1. The van der Waals surface area contributed by atoms with Crippen molar-refractivity contribution in [2.75, 3.05) is 20.3 Å². The first-order chi connectivity index (χ1) is 7.91. The average Bonchev–Trinajstić information content (AvgIpc) is 2.44. The van der Waals surface area contributed by atoms with Crippen LogP contribution in [-0.2, 0) is 9.53 Å². The highest BCUT2D eigenvalue weighted by molar-refractivity contribution is 5.78. The molecule has 0 aromatic carbocycles. The van der Waals surface area contributed by atoms with Gasteiger partial charge in [-0.05, 0) is 18.3 Å². The molecule has 5 atom stereocenters. The van der Waals surface area contributed by atoms with Crippen LogP contribution < -0.4 is 5.73 Å². The minimum absolute atomic E-state index is 0.0563. The molecular weight excluding hydrogens is 220 g/mol. The van der Waals surface area contributed by atoms with Gasteiger partial charge in [-0.25, -0.2) is 0 Å². The Morgan fingerprint density at radius 1 is 1.59 bits per heavy atom. The minimum atomic E-state index is -0.608. The van der Waals surface area contributed by atoms with E-state index in [4.69, 9.17) is 10.5 Å². The van der Waals surface area contributed by atoms with Gasteiger partial charge in [-0.15, -0.1) is 0 Å². The number of aliphatic hydroxyl groups is 1. The number of nitrogens with two attached hydrogens (primary N) is 1. The molecule has 3 fully saturated rings. The summed E-state index contributed by atoms with van der Waals surface area (Å²) in [5, 5.41) is 10.2. The number of ether oxygens (including phenoxy) is 1. The number of hydrogen-bond donors (Lipinski definition) is 2. The Balaban J connectivity index is 2.21. The van der Waals surface area contributed by atoms with Crippen molar-refractivity contribution < 1.29 is 14.6 Å². The van der Waals surface area contributed by atoms with Crippen molar-refractivity contribution in [3.05, 3.63) is 0 Å². The van der Waals surface area contributed by atoms with E-state index in [-0.39, 0.29) is 24.5 Å². The third-order valence-corrected chi connectivity index (χ3v) is 4.39. The number of amides is 1. The van der Waals surface area contributed by atoms with Crippen molar-refractivity contribution in [1.82, 2.24) is 4.90 Å². The lowest BCUT2D eigenvalue weighted by Gasteiger charge is -2.57. The van der Waals surface area contributed by atoms with Gasteiger partial charge in [0.05, 0.1) is 12.1 Å². The first-order valence-electron chi connectivity index (χ1n) is 6.17. The fourth-order valence-electron chi connectivity index (χ4n) is 3.41. The smallest absolute Gasteiger partial charge is 0.248 e. The van der Waals surface area contributed by atoms with Gasteiger partial charge in [0, 0.05) is 19.2 Å². The zero-order valence-corrected chi connectivity index (χ0v) is 10.7. The van der Waals surface area contributed by atoms with Crippen LogP contribution in [0.15, 0.2) is 0 Å². The molecular formula is C12H22N2O3. The van der Waals surface area contributed by atoms with Gasteiger partial charge in [-0.1, -0.05) is 13.8 Å². The zero-order chi connectivity index (χ0) is 12.8. The van der Waals surface area contributed by atoms with E-state index in [9.17, 15) is 9.90 Å². The van der Waals surface area contributed by atoms with E-state index in [1.807, 2.05) is 6.92 Å². The molecule has 0 aromatic rings. The Bertz CT molecular complexity index is 311. The molecule has 5 heteroatoms. The van der Waals surface area contributed by atoms with Crippen LogP contribution >= 0.6 is 0 Å². The summed E-state index contributed by atoms with van der Waals surface area (Å²) in [6, 6.07) is -0.146. The van der Waals surface area contributed by atoms with Gasteiger partial charge < -0.3 is 20.5 Å². The van der Waals surface area contributed by atoms with E-state index >= 15 is 0 Å². The van der Waals surface area contributed by atoms with Crippen molar-refractivity contribution in [3.63, 3.8) is 0 Å². The predicted molar refractivity (Wildman–Crippen MR) is 63.2 cm³/mol. The molecule has 0 aromatic heterocycles. The molecule has 2 bridgehead atoms. The van der Waals surface area contributed by atoms with Gasteiger partial charge in [0.2, 0.25) is 5.91 Å². The van der Waals surface area contributed by atoms with Gasteiger partial charge in [0.25, 0.3) is 0 Å². The Morgan fingerprint density at radius 2 is 2.24 bits per heavy atom. The number of carbonyl (C=O) groups excluding carboxylic acids is 1. The Labute approximate surface area is 102 Å².